The van der Waals surface area contributed by atoms with E-state index < -0.39 is 0 Å². The van der Waals surface area contributed by atoms with E-state index in [1.165, 1.54) is 10.6 Å². The highest BCUT2D eigenvalue weighted by Crippen LogP contribution is 2.49. The Morgan fingerprint density at radius 3 is 2.74 bits per heavy atom. The molecule has 3 heterocycles. The summed E-state index contributed by atoms with van der Waals surface area (Å²) >= 11 is 6.24. The van der Waals surface area contributed by atoms with Gasteiger partial charge in [-0.2, -0.15) is 5.26 Å². The van der Waals surface area contributed by atoms with Gasteiger partial charge < -0.3 is 10.0 Å². The van der Waals surface area contributed by atoms with Gasteiger partial charge in [0, 0.05) is 12.5 Å². The minimum Gasteiger partial charge on any atom is -0.493 e. The Kier molecular flexibility index (Phi) is 3.86. The third kappa shape index (κ3) is 2.26. The highest BCUT2D eigenvalue weighted by molar-refractivity contribution is 6.32. The van der Waals surface area contributed by atoms with Crippen molar-refractivity contribution in [3.63, 3.8) is 0 Å². The van der Waals surface area contributed by atoms with E-state index in [-0.39, 0.29) is 40.5 Å². The fourth-order valence-electron chi connectivity index (χ4n) is 4.24. The van der Waals surface area contributed by atoms with Gasteiger partial charge in [-0.15, -0.1) is 0 Å². The largest absolute Gasteiger partial charge is 0.493 e. The second-order valence-electron chi connectivity index (χ2n) is 7.43. The minimum atomic E-state index is -0.351. The summed E-state index contributed by atoms with van der Waals surface area (Å²) in [6.07, 6.45) is 0.643. The Morgan fingerprint density at radius 2 is 2.11 bits per heavy atom. The Bertz CT molecular complexity index is 1080. The SMILES string of the molecule is Cc1c(-n2c(O)c3n(c2=O)[C@@H]2CC3N(C(=O)C(C)C)C2)ccc(C#N)c1Cl. The number of aromatic hydroxyl groups is 1. The molecular weight excluding hydrogens is 368 g/mol. The van der Waals surface area contributed by atoms with Gasteiger partial charge in [0.25, 0.3) is 0 Å². The van der Waals surface area contributed by atoms with E-state index in [0.29, 0.717) is 35.5 Å². The zero-order valence-corrected chi connectivity index (χ0v) is 16.0. The Labute approximate surface area is 161 Å². The monoisotopic (exact) mass is 386 g/mol. The van der Waals surface area contributed by atoms with Crippen molar-refractivity contribution in [3.8, 4) is 17.6 Å². The van der Waals surface area contributed by atoms with Gasteiger partial charge in [0.15, 0.2) is 0 Å². The maximum atomic E-state index is 13.1. The van der Waals surface area contributed by atoms with Crippen LogP contribution in [0.1, 0.15) is 49.2 Å². The van der Waals surface area contributed by atoms with E-state index in [2.05, 4.69) is 0 Å². The first-order chi connectivity index (χ1) is 12.8. The van der Waals surface area contributed by atoms with Crippen molar-refractivity contribution in [3.05, 3.63) is 44.5 Å². The van der Waals surface area contributed by atoms with Crippen LogP contribution in [-0.4, -0.2) is 31.6 Å². The van der Waals surface area contributed by atoms with Crippen LogP contribution in [-0.2, 0) is 4.79 Å². The van der Waals surface area contributed by atoms with E-state index in [1.807, 2.05) is 19.9 Å². The first kappa shape index (κ1) is 17.7. The molecule has 0 saturated carbocycles. The maximum Gasteiger partial charge on any atom is 0.336 e. The number of benzene rings is 1. The smallest absolute Gasteiger partial charge is 0.336 e. The van der Waals surface area contributed by atoms with Crippen LogP contribution >= 0.6 is 11.6 Å². The number of fused-ring (bicyclic) bond motifs is 5. The molecule has 1 saturated heterocycles. The maximum absolute atomic E-state index is 13.1. The molecule has 2 aliphatic rings. The van der Waals surface area contributed by atoms with Gasteiger partial charge in [0.1, 0.15) is 11.8 Å². The molecule has 4 rings (SSSR count). The highest BCUT2D eigenvalue weighted by atomic mass is 35.5. The summed E-state index contributed by atoms with van der Waals surface area (Å²) in [5.74, 6) is -0.295. The molecule has 1 aromatic heterocycles. The van der Waals surface area contributed by atoms with Crippen LogP contribution in [0.15, 0.2) is 16.9 Å². The number of nitrogens with zero attached hydrogens (tertiary/aromatic N) is 4. The topological polar surface area (TPSA) is 91.3 Å². The summed E-state index contributed by atoms with van der Waals surface area (Å²) in [6.45, 7) is 5.87. The number of carbonyl (C=O) groups excluding carboxylic acids is 1. The molecule has 0 spiro atoms. The molecule has 1 N–H and O–H groups in total. The van der Waals surface area contributed by atoms with E-state index in [4.69, 9.17) is 16.9 Å². The zero-order valence-electron chi connectivity index (χ0n) is 15.2. The predicted molar refractivity (Wildman–Crippen MR) is 99.1 cm³/mol. The lowest BCUT2D eigenvalue weighted by Gasteiger charge is -2.29. The molecule has 2 aromatic rings. The highest BCUT2D eigenvalue weighted by Gasteiger charge is 2.49. The molecular formula is C19H19ClN4O3. The van der Waals surface area contributed by atoms with Gasteiger partial charge in [-0.1, -0.05) is 25.4 Å². The molecule has 7 nitrogen and oxygen atoms in total. The van der Waals surface area contributed by atoms with Crippen molar-refractivity contribution in [2.75, 3.05) is 6.54 Å². The number of hydrogen-bond donors (Lipinski definition) is 1. The number of likely N-dealkylation sites (tertiary alicyclic amines) is 1. The van der Waals surface area contributed by atoms with Crippen molar-refractivity contribution in [1.29, 1.82) is 5.26 Å². The molecule has 140 valence electrons. The van der Waals surface area contributed by atoms with Gasteiger partial charge in [0.2, 0.25) is 11.8 Å². The van der Waals surface area contributed by atoms with Crippen molar-refractivity contribution in [1.82, 2.24) is 14.0 Å². The van der Waals surface area contributed by atoms with Gasteiger partial charge in [0.05, 0.1) is 28.4 Å². The van der Waals surface area contributed by atoms with E-state index >= 15 is 0 Å². The van der Waals surface area contributed by atoms with Crippen LogP contribution < -0.4 is 5.69 Å². The summed E-state index contributed by atoms with van der Waals surface area (Å²) < 4.78 is 2.82. The zero-order chi connectivity index (χ0) is 19.6. The van der Waals surface area contributed by atoms with Crippen LogP contribution in [0.3, 0.4) is 0 Å². The van der Waals surface area contributed by atoms with E-state index in [1.54, 1.807) is 22.5 Å². The van der Waals surface area contributed by atoms with Crippen LogP contribution in [0.5, 0.6) is 5.88 Å². The Morgan fingerprint density at radius 1 is 1.41 bits per heavy atom. The first-order valence-electron chi connectivity index (χ1n) is 8.84. The molecule has 2 aliphatic heterocycles. The van der Waals surface area contributed by atoms with E-state index in [0.717, 1.165) is 0 Å². The van der Waals surface area contributed by atoms with Gasteiger partial charge in [-0.05, 0) is 31.0 Å². The fourth-order valence-corrected chi connectivity index (χ4v) is 4.44. The van der Waals surface area contributed by atoms with Crippen molar-refractivity contribution in [2.24, 2.45) is 5.92 Å². The number of imidazole rings is 1. The second kappa shape index (κ2) is 5.89. The van der Waals surface area contributed by atoms with Gasteiger partial charge in [-0.3, -0.25) is 9.36 Å². The van der Waals surface area contributed by atoms with Crippen LogP contribution in [0.25, 0.3) is 5.69 Å². The summed E-state index contributed by atoms with van der Waals surface area (Å²) in [6, 6.07) is 4.71. The number of hydrogen-bond acceptors (Lipinski definition) is 4. The molecule has 1 unspecified atom stereocenters. The van der Waals surface area contributed by atoms with E-state index in [9.17, 15) is 14.7 Å². The first-order valence-corrected chi connectivity index (χ1v) is 9.21. The van der Waals surface area contributed by atoms with Crippen LogP contribution in [0, 0.1) is 24.2 Å². The summed E-state index contributed by atoms with van der Waals surface area (Å²) in [5.41, 5.74) is 1.41. The Balaban J connectivity index is 1.87. The fraction of sp³-hybridized carbons (Fsp3) is 0.421. The molecule has 0 aliphatic carbocycles. The van der Waals surface area contributed by atoms with Gasteiger partial charge in [-0.25, -0.2) is 9.36 Å². The summed E-state index contributed by atoms with van der Waals surface area (Å²) in [5, 5.41) is 20.3. The number of aromatic nitrogens is 2. The molecule has 2 bridgehead atoms. The minimum absolute atomic E-state index is 0.0194. The quantitative estimate of drug-likeness (QED) is 0.858. The standard InChI is InChI=1S/C19H19ClN4O3/c1-9(2)17(25)22-8-12-6-14(22)16-18(26)24(19(27)23(12)16)13-5-4-11(7-21)15(20)10(13)3/h4-5,9,12,14,26H,6,8H2,1-3H3/t12-,14?/m1/s1. The number of carbonyl (C=O) groups is 1. The van der Waals surface area contributed by atoms with Gasteiger partial charge >= 0.3 is 5.69 Å². The molecule has 1 amide bonds. The average molecular weight is 387 g/mol. The number of amides is 1. The third-order valence-electron chi connectivity index (χ3n) is 5.55. The Hall–Kier alpha value is -2.72. The summed E-state index contributed by atoms with van der Waals surface area (Å²) in [7, 11) is 0. The molecule has 2 atom stereocenters. The lowest BCUT2D eigenvalue weighted by molar-refractivity contribution is -0.136. The van der Waals surface area contributed by atoms with Crippen molar-refractivity contribution >= 4 is 17.5 Å². The molecule has 0 radical (unpaired) electrons. The van der Waals surface area contributed by atoms with Crippen LogP contribution in [0.4, 0.5) is 0 Å². The number of rotatable bonds is 2. The number of halogens is 1. The molecule has 8 heteroatoms. The van der Waals surface area contributed by atoms with Crippen molar-refractivity contribution in [2.45, 2.75) is 39.3 Å². The molecule has 1 fully saturated rings. The lowest BCUT2D eigenvalue weighted by Crippen LogP contribution is -2.39. The normalized spacial score (nSPS) is 20.2. The molecule has 1 aromatic carbocycles. The molecule has 27 heavy (non-hydrogen) atoms. The predicted octanol–water partition coefficient (Wildman–Crippen LogP) is 2.66. The lowest BCUT2D eigenvalue weighted by atomic mass is 10.1. The van der Waals surface area contributed by atoms with Crippen LogP contribution in [0.2, 0.25) is 5.02 Å². The summed E-state index contributed by atoms with van der Waals surface area (Å²) in [4.78, 5) is 27.3. The third-order valence-corrected chi connectivity index (χ3v) is 6.04. The second-order valence-corrected chi connectivity index (χ2v) is 7.81. The van der Waals surface area contributed by atoms with Crippen molar-refractivity contribution < 1.29 is 9.90 Å². The number of nitriles is 1. The average Bonchev–Trinajstić information content (AvgIpc) is 3.29.